The summed E-state index contributed by atoms with van der Waals surface area (Å²) in [7, 11) is 0. The van der Waals surface area contributed by atoms with E-state index < -0.39 is 17.8 Å². The molecule has 1 aliphatic carbocycles. The van der Waals surface area contributed by atoms with E-state index in [9.17, 15) is 19.2 Å². The van der Waals surface area contributed by atoms with Crippen molar-refractivity contribution in [1.82, 2.24) is 10.7 Å². The molecular formula is C31H27ClN4O5S. The number of fused-ring (bicyclic) bond motifs is 1. The number of hydrogen-bond donors (Lipinski definition) is 3. The lowest BCUT2D eigenvalue weighted by Crippen LogP contribution is -2.37. The molecule has 1 saturated carbocycles. The second-order valence-corrected chi connectivity index (χ2v) is 11.1. The maximum atomic E-state index is 12.9. The molecule has 11 heteroatoms. The molecule has 0 saturated heterocycles. The standard InChI is InChI=1S/C31H27ClN4O5S/c32-26-22-14-6-9-17-25(22)42-27(26)31(40)41-24-16-8-4-10-19(24)18-33-36-30(39)29(38)35-23-15-7-5-13-21(23)28(37)34-20-11-2-1-3-12-20/h4-10,13-18,20H,1-3,11-12H2,(H,34,37)(H,35,38)(H,36,39). The van der Waals surface area contributed by atoms with E-state index in [-0.39, 0.29) is 33.8 Å². The lowest BCUT2D eigenvalue weighted by Gasteiger charge is -2.23. The molecule has 1 fully saturated rings. The molecule has 1 aromatic heterocycles. The van der Waals surface area contributed by atoms with E-state index in [2.05, 4.69) is 21.2 Å². The van der Waals surface area contributed by atoms with Gasteiger partial charge in [0, 0.05) is 21.7 Å². The second kappa shape index (κ2) is 13.4. The average molecular weight is 603 g/mol. The highest BCUT2D eigenvalue weighted by Crippen LogP contribution is 2.36. The summed E-state index contributed by atoms with van der Waals surface area (Å²) in [6.07, 6.45) is 6.39. The predicted octanol–water partition coefficient (Wildman–Crippen LogP) is 5.93. The van der Waals surface area contributed by atoms with Gasteiger partial charge in [-0.3, -0.25) is 14.4 Å². The number of nitrogens with one attached hydrogen (secondary N) is 3. The van der Waals surface area contributed by atoms with Crippen molar-refractivity contribution >= 4 is 68.6 Å². The normalized spacial score (nSPS) is 13.5. The number of rotatable bonds is 7. The quantitative estimate of drug-likeness (QED) is 0.0795. The van der Waals surface area contributed by atoms with E-state index in [0.29, 0.717) is 10.6 Å². The van der Waals surface area contributed by atoms with E-state index in [0.717, 1.165) is 42.2 Å². The van der Waals surface area contributed by atoms with Gasteiger partial charge >= 0.3 is 17.8 Å². The van der Waals surface area contributed by atoms with E-state index in [4.69, 9.17) is 16.3 Å². The molecule has 42 heavy (non-hydrogen) atoms. The van der Waals surface area contributed by atoms with Gasteiger partial charge in [0.2, 0.25) is 0 Å². The van der Waals surface area contributed by atoms with Crippen LogP contribution in [0.2, 0.25) is 5.02 Å². The molecule has 3 N–H and O–H groups in total. The Hall–Kier alpha value is -4.54. The number of anilines is 1. The van der Waals surface area contributed by atoms with Crippen LogP contribution in [0.3, 0.4) is 0 Å². The number of carbonyl (C=O) groups is 4. The molecule has 1 heterocycles. The number of carbonyl (C=O) groups excluding carboxylic acids is 4. The average Bonchev–Trinajstić information content (AvgIpc) is 3.35. The number of halogens is 1. The fourth-order valence-electron chi connectivity index (χ4n) is 4.66. The highest BCUT2D eigenvalue weighted by Gasteiger charge is 2.22. The zero-order valence-corrected chi connectivity index (χ0v) is 24.0. The third kappa shape index (κ3) is 6.84. The van der Waals surface area contributed by atoms with Crippen LogP contribution in [-0.4, -0.2) is 35.9 Å². The summed E-state index contributed by atoms with van der Waals surface area (Å²) in [6.45, 7) is 0. The maximum Gasteiger partial charge on any atom is 0.355 e. The SMILES string of the molecule is O=C(NN=Cc1ccccc1OC(=O)c1sc2ccccc2c1Cl)C(=O)Nc1ccccc1C(=O)NC1CCCCC1. The highest BCUT2D eigenvalue weighted by atomic mass is 35.5. The third-order valence-electron chi connectivity index (χ3n) is 6.78. The van der Waals surface area contributed by atoms with Crippen LogP contribution in [0, 0.1) is 0 Å². The van der Waals surface area contributed by atoms with E-state index in [1.54, 1.807) is 48.5 Å². The van der Waals surface area contributed by atoms with Crippen LogP contribution in [-0.2, 0) is 9.59 Å². The predicted molar refractivity (Wildman–Crippen MR) is 163 cm³/mol. The lowest BCUT2D eigenvalue weighted by molar-refractivity contribution is -0.136. The number of esters is 1. The molecule has 0 bridgehead atoms. The lowest BCUT2D eigenvalue weighted by atomic mass is 9.95. The molecule has 0 spiro atoms. The molecule has 0 radical (unpaired) electrons. The Balaban J connectivity index is 1.20. The van der Waals surface area contributed by atoms with Gasteiger partial charge in [0.1, 0.15) is 10.6 Å². The smallest absolute Gasteiger partial charge is 0.355 e. The number of ether oxygens (including phenoxy) is 1. The van der Waals surface area contributed by atoms with Crippen LogP contribution < -0.4 is 20.8 Å². The Kier molecular flexibility index (Phi) is 9.25. The van der Waals surface area contributed by atoms with Gasteiger partial charge < -0.3 is 15.4 Å². The van der Waals surface area contributed by atoms with Crippen LogP contribution in [0.15, 0.2) is 77.9 Å². The van der Waals surface area contributed by atoms with Gasteiger partial charge in [-0.1, -0.05) is 73.3 Å². The minimum Gasteiger partial charge on any atom is -0.422 e. The molecular weight excluding hydrogens is 576 g/mol. The molecule has 5 rings (SSSR count). The van der Waals surface area contributed by atoms with Crippen molar-refractivity contribution in [3.63, 3.8) is 0 Å². The van der Waals surface area contributed by atoms with Crippen molar-refractivity contribution in [2.45, 2.75) is 38.1 Å². The van der Waals surface area contributed by atoms with Gasteiger partial charge in [0.15, 0.2) is 0 Å². The number of amides is 3. The zero-order chi connectivity index (χ0) is 29.5. The van der Waals surface area contributed by atoms with Gasteiger partial charge in [-0.15, -0.1) is 11.3 Å². The van der Waals surface area contributed by atoms with Crippen LogP contribution in [0.4, 0.5) is 5.69 Å². The summed E-state index contributed by atoms with van der Waals surface area (Å²) < 4.78 is 6.44. The summed E-state index contributed by atoms with van der Waals surface area (Å²) in [5, 5.41) is 10.4. The number of nitrogens with zero attached hydrogens (tertiary/aromatic N) is 1. The van der Waals surface area contributed by atoms with Gasteiger partial charge in [-0.25, -0.2) is 10.2 Å². The largest absolute Gasteiger partial charge is 0.422 e. The van der Waals surface area contributed by atoms with E-state index in [1.807, 2.05) is 24.3 Å². The molecule has 1 aliphatic rings. The van der Waals surface area contributed by atoms with Crippen LogP contribution >= 0.6 is 22.9 Å². The van der Waals surface area contributed by atoms with Crippen molar-refractivity contribution in [2.75, 3.05) is 5.32 Å². The summed E-state index contributed by atoms with van der Waals surface area (Å²) in [6, 6.07) is 20.6. The Morgan fingerprint density at radius 1 is 0.881 bits per heavy atom. The van der Waals surface area contributed by atoms with Crippen molar-refractivity contribution < 1.29 is 23.9 Å². The molecule has 9 nitrogen and oxygen atoms in total. The third-order valence-corrected chi connectivity index (χ3v) is 8.43. The van der Waals surface area contributed by atoms with Gasteiger partial charge in [-0.05, 0) is 43.2 Å². The number of thiophene rings is 1. The Morgan fingerprint density at radius 2 is 1.60 bits per heavy atom. The van der Waals surface area contributed by atoms with E-state index >= 15 is 0 Å². The number of benzene rings is 3. The highest BCUT2D eigenvalue weighted by molar-refractivity contribution is 7.21. The minimum absolute atomic E-state index is 0.0942. The molecule has 214 valence electrons. The Labute approximate surface area is 250 Å². The summed E-state index contributed by atoms with van der Waals surface area (Å²) >= 11 is 7.64. The second-order valence-electron chi connectivity index (χ2n) is 9.68. The summed E-state index contributed by atoms with van der Waals surface area (Å²) in [5.74, 6) is -2.78. The molecule has 4 aromatic rings. The molecule has 3 aromatic carbocycles. The number of hydrazone groups is 1. The number of hydrogen-bond acceptors (Lipinski definition) is 7. The first kappa shape index (κ1) is 29.0. The summed E-state index contributed by atoms with van der Waals surface area (Å²) in [4.78, 5) is 51.1. The van der Waals surface area contributed by atoms with Gasteiger partial charge in [0.25, 0.3) is 5.91 Å². The van der Waals surface area contributed by atoms with Crippen LogP contribution in [0.1, 0.15) is 57.7 Å². The number of para-hydroxylation sites is 2. The molecule has 0 aliphatic heterocycles. The van der Waals surface area contributed by atoms with E-state index in [1.165, 1.54) is 17.6 Å². The maximum absolute atomic E-state index is 12.9. The zero-order valence-electron chi connectivity index (χ0n) is 22.4. The molecule has 3 amide bonds. The first-order valence-electron chi connectivity index (χ1n) is 13.4. The van der Waals surface area contributed by atoms with Gasteiger partial charge in [-0.2, -0.15) is 5.10 Å². The fourth-order valence-corrected chi connectivity index (χ4v) is 6.05. The molecule has 0 unspecified atom stereocenters. The summed E-state index contributed by atoms with van der Waals surface area (Å²) in [5.41, 5.74) is 3.03. The monoisotopic (exact) mass is 602 g/mol. The first-order chi connectivity index (χ1) is 20.4. The Morgan fingerprint density at radius 3 is 2.40 bits per heavy atom. The topological polar surface area (TPSA) is 126 Å². The van der Waals surface area contributed by atoms with Crippen LogP contribution in [0.25, 0.3) is 10.1 Å². The van der Waals surface area contributed by atoms with Crippen molar-refractivity contribution in [3.05, 3.63) is 93.8 Å². The van der Waals surface area contributed by atoms with Crippen molar-refractivity contribution in [3.8, 4) is 5.75 Å². The first-order valence-corrected chi connectivity index (χ1v) is 14.6. The van der Waals surface area contributed by atoms with Crippen LogP contribution in [0.5, 0.6) is 5.75 Å². The fraction of sp³-hybridized carbons (Fsp3) is 0.194. The van der Waals surface area contributed by atoms with Crippen molar-refractivity contribution in [1.29, 1.82) is 0 Å². The van der Waals surface area contributed by atoms with Crippen molar-refractivity contribution in [2.24, 2.45) is 5.10 Å². The van der Waals surface area contributed by atoms with Gasteiger partial charge in [0.05, 0.1) is 22.5 Å². The Bertz CT molecular complexity index is 1680. The molecule has 0 atom stereocenters. The minimum atomic E-state index is -1.04.